The Morgan fingerprint density at radius 1 is 0.957 bits per heavy atom. The number of aromatic nitrogens is 1. The van der Waals surface area contributed by atoms with Gasteiger partial charge in [-0.1, -0.05) is 36.4 Å². The Morgan fingerprint density at radius 2 is 1.74 bits per heavy atom. The van der Waals surface area contributed by atoms with Gasteiger partial charge >= 0.3 is 0 Å². The van der Waals surface area contributed by atoms with E-state index in [4.69, 9.17) is 1.37 Å². The molecule has 1 aliphatic carbocycles. The Bertz CT molecular complexity index is 979. The SMILES string of the molecule is [2H]c1ccc(-c2c(C)ccc3c2-c2ccccc2C3(F)F)[n+](C)c1. The van der Waals surface area contributed by atoms with Gasteiger partial charge in [-0.15, -0.1) is 0 Å². The van der Waals surface area contributed by atoms with Gasteiger partial charge in [0.1, 0.15) is 7.05 Å². The van der Waals surface area contributed by atoms with E-state index >= 15 is 0 Å². The molecule has 0 aliphatic heterocycles. The number of alkyl halides is 2. The zero-order valence-corrected chi connectivity index (χ0v) is 12.9. The second-order valence-corrected chi connectivity index (χ2v) is 5.93. The Balaban J connectivity index is 2.12. The standard InChI is InChI=1S/C20H16F2N/c1-13-10-11-16-19(18(13)17-9-5-6-12-23(17)2)14-7-3-4-8-15(14)20(16,21)22/h3-12H,1-2H3/q+1/i6D. The lowest BCUT2D eigenvalue weighted by molar-refractivity contribution is -0.660. The van der Waals surface area contributed by atoms with E-state index < -0.39 is 5.92 Å². The molecule has 2 aromatic carbocycles. The molecule has 0 unspecified atom stereocenters. The lowest BCUT2D eigenvalue weighted by Gasteiger charge is -2.14. The number of fused-ring (bicyclic) bond motifs is 3. The van der Waals surface area contributed by atoms with Gasteiger partial charge in [0.05, 0.1) is 6.93 Å². The first-order valence-corrected chi connectivity index (χ1v) is 7.49. The third-order valence-electron chi connectivity index (χ3n) is 4.53. The molecule has 114 valence electrons. The monoisotopic (exact) mass is 309 g/mol. The third-order valence-corrected chi connectivity index (χ3v) is 4.53. The molecule has 1 aromatic heterocycles. The van der Waals surface area contributed by atoms with Crippen molar-refractivity contribution < 1.29 is 14.7 Å². The number of pyridine rings is 1. The second kappa shape index (κ2) is 4.72. The molecule has 4 rings (SSSR count). The molecule has 0 bridgehead atoms. The summed E-state index contributed by atoms with van der Waals surface area (Å²) in [5.41, 5.74) is 3.88. The smallest absolute Gasteiger partial charge is 0.201 e. The molecule has 0 saturated heterocycles. The van der Waals surface area contributed by atoms with Gasteiger partial charge in [-0.3, -0.25) is 0 Å². The maximum Gasteiger partial charge on any atom is 0.299 e. The van der Waals surface area contributed by atoms with Crippen LogP contribution in [0.5, 0.6) is 0 Å². The first-order chi connectivity index (χ1) is 11.4. The molecule has 0 saturated carbocycles. The minimum Gasteiger partial charge on any atom is -0.201 e. The largest absolute Gasteiger partial charge is 0.299 e. The summed E-state index contributed by atoms with van der Waals surface area (Å²) in [4.78, 5) is 0. The van der Waals surface area contributed by atoms with Crippen molar-refractivity contribution in [1.82, 2.24) is 0 Å². The molecule has 1 heterocycles. The van der Waals surface area contributed by atoms with E-state index in [1.807, 2.05) is 24.6 Å². The van der Waals surface area contributed by atoms with Crippen molar-refractivity contribution in [3.05, 3.63) is 77.5 Å². The molecule has 0 atom stereocenters. The minimum absolute atomic E-state index is 0.0549. The van der Waals surface area contributed by atoms with Gasteiger partial charge in [-0.2, -0.15) is 8.78 Å². The molecule has 0 N–H and O–H groups in total. The molecule has 0 radical (unpaired) electrons. The number of benzene rings is 2. The molecule has 23 heavy (non-hydrogen) atoms. The molecule has 1 nitrogen and oxygen atoms in total. The second-order valence-electron chi connectivity index (χ2n) is 5.93. The maximum absolute atomic E-state index is 14.9. The number of hydrogen-bond acceptors (Lipinski definition) is 0. The Morgan fingerprint density at radius 3 is 2.52 bits per heavy atom. The summed E-state index contributed by atoms with van der Waals surface area (Å²) in [5.74, 6) is -2.98. The van der Waals surface area contributed by atoms with Crippen LogP contribution in [0.3, 0.4) is 0 Å². The van der Waals surface area contributed by atoms with Crippen LogP contribution in [0.25, 0.3) is 22.4 Å². The lowest BCUT2D eigenvalue weighted by atomic mass is 9.92. The van der Waals surface area contributed by atoms with Crippen molar-refractivity contribution in [3.8, 4) is 22.4 Å². The summed E-state index contributed by atoms with van der Waals surface area (Å²) < 4.78 is 39.3. The maximum atomic E-state index is 14.9. The van der Waals surface area contributed by atoms with Crippen LogP contribution in [0.15, 0.2) is 60.8 Å². The highest BCUT2D eigenvalue weighted by molar-refractivity contribution is 5.91. The molecular formula is C20H16F2N+. The first kappa shape index (κ1) is 12.9. The van der Waals surface area contributed by atoms with Crippen LogP contribution in [-0.4, -0.2) is 0 Å². The molecule has 0 spiro atoms. The normalized spacial score (nSPS) is 15.0. The van der Waals surface area contributed by atoms with Crippen molar-refractivity contribution in [2.45, 2.75) is 12.8 Å². The predicted molar refractivity (Wildman–Crippen MR) is 86.2 cm³/mol. The van der Waals surface area contributed by atoms with E-state index in [0.717, 1.165) is 16.8 Å². The average Bonchev–Trinajstić information content (AvgIpc) is 2.77. The van der Waals surface area contributed by atoms with Crippen LogP contribution in [0, 0.1) is 6.92 Å². The van der Waals surface area contributed by atoms with Gasteiger partial charge in [0.2, 0.25) is 5.69 Å². The van der Waals surface area contributed by atoms with Crippen molar-refractivity contribution in [3.63, 3.8) is 0 Å². The molecular weight excluding hydrogens is 292 g/mol. The fraction of sp³-hybridized carbons (Fsp3) is 0.150. The van der Waals surface area contributed by atoms with Gasteiger partial charge in [0, 0.05) is 28.8 Å². The van der Waals surface area contributed by atoms with Crippen molar-refractivity contribution in [2.75, 3.05) is 0 Å². The fourth-order valence-electron chi connectivity index (χ4n) is 3.43. The summed E-state index contributed by atoms with van der Waals surface area (Å²) in [7, 11) is 1.84. The summed E-state index contributed by atoms with van der Waals surface area (Å²) in [5, 5.41) is 0. The zero-order valence-electron chi connectivity index (χ0n) is 13.9. The van der Waals surface area contributed by atoms with Gasteiger partial charge in [-0.05, 0) is 24.1 Å². The lowest BCUT2D eigenvalue weighted by Crippen LogP contribution is -2.30. The first-order valence-electron chi connectivity index (χ1n) is 7.99. The fourth-order valence-corrected chi connectivity index (χ4v) is 3.43. The molecule has 1 aliphatic rings. The number of aryl methyl sites for hydroxylation is 2. The van der Waals surface area contributed by atoms with Crippen LogP contribution in [0.4, 0.5) is 8.78 Å². The Labute approximate surface area is 135 Å². The van der Waals surface area contributed by atoms with Crippen LogP contribution < -0.4 is 4.57 Å². The average molecular weight is 309 g/mol. The Kier molecular flexibility index (Phi) is 2.66. The van der Waals surface area contributed by atoms with Gasteiger partial charge < -0.3 is 0 Å². The van der Waals surface area contributed by atoms with Gasteiger partial charge in [0.25, 0.3) is 5.92 Å². The quantitative estimate of drug-likeness (QED) is 0.578. The van der Waals surface area contributed by atoms with Crippen LogP contribution in [-0.2, 0) is 13.0 Å². The van der Waals surface area contributed by atoms with E-state index in [1.54, 1.807) is 36.5 Å². The van der Waals surface area contributed by atoms with Crippen LogP contribution in [0.1, 0.15) is 18.1 Å². The van der Waals surface area contributed by atoms with Gasteiger partial charge in [0.15, 0.2) is 6.20 Å². The zero-order chi connectivity index (χ0) is 17.1. The van der Waals surface area contributed by atoms with E-state index in [1.165, 1.54) is 12.1 Å². The van der Waals surface area contributed by atoms with Gasteiger partial charge in [-0.25, -0.2) is 4.57 Å². The summed E-state index contributed by atoms with van der Waals surface area (Å²) in [6.07, 6.45) is 1.69. The molecule has 0 amide bonds. The van der Waals surface area contributed by atoms with E-state index in [9.17, 15) is 8.78 Å². The topological polar surface area (TPSA) is 3.88 Å². The number of nitrogens with zero attached hydrogens (tertiary/aromatic N) is 1. The number of hydrogen-bond donors (Lipinski definition) is 0. The highest BCUT2D eigenvalue weighted by atomic mass is 19.3. The summed E-state index contributed by atoms with van der Waals surface area (Å²) in [6, 6.07) is 13.9. The highest BCUT2D eigenvalue weighted by Gasteiger charge is 2.46. The van der Waals surface area contributed by atoms with Crippen LogP contribution in [0.2, 0.25) is 0 Å². The van der Waals surface area contributed by atoms with Crippen molar-refractivity contribution in [1.29, 1.82) is 0 Å². The molecule has 0 fully saturated rings. The summed E-state index contributed by atoms with van der Waals surface area (Å²) >= 11 is 0. The van der Waals surface area contributed by atoms with Crippen molar-refractivity contribution >= 4 is 0 Å². The number of rotatable bonds is 1. The Hall–Kier alpha value is -2.55. The van der Waals surface area contributed by atoms with E-state index in [0.29, 0.717) is 17.2 Å². The van der Waals surface area contributed by atoms with Crippen LogP contribution >= 0.6 is 0 Å². The molecule has 3 heteroatoms. The number of halogens is 2. The van der Waals surface area contributed by atoms with E-state index in [-0.39, 0.29) is 11.1 Å². The highest BCUT2D eigenvalue weighted by Crippen LogP contribution is 2.54. The third kappa shape index (κ3) is 1.86. The minimum atomic E-state index is -2.98. The summed E-state index contributed by atoms with van der Waals surface area (Å²) in [6.45, 7) is 1.93. The predicted octanol–water partition coefficient (Wildman–Crippen LogP) is 4.61. The van der Waals surface area contributed by atoms with Crippen molar-refractivity contribution in [2.24, 2.45) is 7.05 Å². The molecule has 3 aromatic rings. The van der Waals surface area contributed by atoms with E-state index in [2.05, 4.69) is 0 Å².